The maximum atomic E-state index is 8.96. The molecule has 4 nitrogen and oxygen atoms in total. The molecule has 0 aliphatic rings. The van der Waals surface area contributed by atoms with Crippen molar-refractivity contribution in [2.75, 3.05) is 18.0 Å². The predicted molar refractivity (Wildman–Crippen MR) is 60.7 cm³/mol. The van der Waals surface area contributed by atoms with Crippen molar-refractivity contribution in [1.29, 1.82) is 0 Å². The van der Waals surface area contributed by atoms with Gasteiger partial charge < -0.3 is 10.0 Å². The quantitative estimate of drug-likeness (QED) is 0.741. The van der Waals surface area contributed by atoms with Crippen molar-refractivity contribution in [2.24, 2.45) is 0 Å². The molecule has 4 heteroatoms. The highest BCUT2D eigenvalue weighted by Gasteiger charge is 2.06. The van der Waals surface area contributed by atoms with Crippen LogP contribution in [0.15, 0.2) is 24.5 Å². The first-order chi connectivity index (χ1) is 7.17. The first kappa shape index (κ1) is 11.7. The lowest BCUT2D eigenvalue weighted by Gasteiger charge is -2.21. The van der Waals surface area contributed by atoms with Crippen LogP contribution in [0, 0.1) is 0 Å². The van der Waals surface area contributed by atoms with E-state index in [9.17, 15) is 0 Å². The van der Waals surface area contributed by atoms with Gasteiger partial charge in [0.2, 0.25) is 0 Å². The molecule has 0 saturated carbocycles. The van der Waals surface area contributed by atoms with E-state index in [1.54, 1.807) is 12.4 Å². The number of nitrogens with zero attached hydrogens (tertiary/aromatic N) is 3. The number of hydrogen-bond acceptors (Lipinski definition) is 4. The topological polar surface area (TPSA) is 49.2 Å². The number of anilines is 1. The van der Waals surface area contributed by atoms with Gasteiger partial charge in [0.25, 0.3) is 0 Å². The zero-order valence-corrected chi connectivity index (χ0v) is 9.27. The zero-order valence-electron chi connectivity index (χ0n) is 9.27. The van der Waals surface area contributed by atoms with Gasteiger partial charge in [-0.2, -0.15) is 0 Å². The second-order valence-corrected chi connectivity index (χ2v) is 3.50. The number of rotatable bonds is 5. The zero-order chi connectivity index (χ0) is 11.3. The first-order valence-electron chi connectivity index (χ1n) is 4.98. The van der Waals surface area contributed by atoms with Crippen LogP contribution in [0.3, 0.4) is 0 Å². The van der Waals surface area contributed by atoms with Crippen molar-refractivity contribution in [2.45, 2.75) is 20.5 Å². The van der Waals surface area contributed by atoms with Crippen molar-refractivity contribution in [3.63, 3.8) is 0 Å². The van der Waals surface area contributed by atoms with Gasteiger partial charge >= 0.3 is 0 Å². The van der Waals surface area contributed by atoms with E-state index >= 15 is 0 Å². The summed E-state index contributed by atoms with van der Waals surface area (Å²) in [5, 5.41) is 8.96. The average Bonchev–Trinajstić information content (AvgIpc) is 2.25. The van der Waals surface area contributed by atoms with Gasteiger partial charge in [-0.05, 0) is 13.8 Å². The minimum atomic E-state index is -0.0779. The Labute approximate surface area is 90.3 Å². The van der Waals surface area contributed by atoms with Crippen LogP contribution in [0.4, 0.5) is 5.82 Å². The standard InChI is InChI=1S/C11H17N3O/c1-4-14(7-9(2)3)11-6-12-5-10(8-15)13-11/h5-6,15H,2,4,7-8H2,1,3H3. The average molecular weight is 207 g/mol. The van der Waals surface area contributed by atoms with E-state index in [-0.39, 0.29) is 6.61 Å². The Morgan fingerprint density at radius 3 is 2.80 bits per heavy atom. The number of likely N-dealkylation sites (N-methyl/N-ethyl adjacent to an activating group) is 1. The summed E-state index contributed by atoms with van der Waals surface area (Å²) in [5.41, 5.74) is 1.67. The first-order valence-corrected chi connectivity index (χ1v) is 4.98. The summed E-state index contributed by atoms with van der Waals surface area (Å²) in [5.74, 6) is 0.784. The molecular formula is C11H17N3O. The Kier molecular flexibility index (Phi) is 4.24. The molecule has 0 aliphatic carbocycles. The molecule has 15 heavy (non-hydrogen) atoms. The molecule has 1 aromatic heterocycles. The van der Waals surface area contributed by atoms with E-state index in [4.69, 9.17) is 5.11 Å². The van der Waals surface area contributed by atoms with Gasteiger partial charge in [-0.1, -0.05) is 12.2 Å². The maximum Gasteiger partial charge on any atom is 0.147 e. The van der Waals surface area contributed by atoms with Crippen molar-refractivity contribution < 1.29 is 5.11 Å². The molecule has 0 spiro atoms. The summed E-state index contributed by atoms with van der Waals surface area (Å²) < 4.78 is 0. The third kappa shape index (κ3) is 3.32. The molecule has 0 aliphatic heterocycles. The number of hydrogen-bond donors (Lipinski definition) is 1. The summed E-state index contributed by atoms with van der Waals surface area (Å²) in [7, 11) is 0. The predicted octanol–water partition coefficient (Wildman–Crippen LogP) is 1.37. The second-order valence-electron chi connectivity index (χ2n) is 3.50. The lowest BCUT2D eigenvalue weighted by molar-refractivity contribution is 0.276. The molecule has 0 amide bonds. The molecule has 0 aromatic carbocycles. The van der Waals surface area contributed by atoms with Gasteiger partial charge in [0.15, 0.2) is 0 Å². The molecule has 0 fully saturated rings. The molecule has 82 valence electrons. The molecule has 1 heterocycles. The minimum absolute atomic E-state index is 0.0779. The van der Waals surface area contributed by atoms with Crippen molar-refractivity contribution in [3.8, 4) is 0 Å². The van der Waals surface area contributed by atoms with Crippen LogP contribution >= 0.6 is 0 Å². The van der Waals surface area contributed by atoms with E-state index in [1.807, 2.05) is 6.92 Å². The highest BCUT2D eigenvalue weighted by atomic mass is 16.3. The Balaban J connectivity index is 2.85. The number of aromatic nitrogens is 2. The highest BCUT2D eigenvalue weighted by molar-refractivity contribution is 5.37. The number of aliphatic hydroxyl groups is 1. The van der Waals surface area contributed by atoms with Crippen LogP contribution in [0.2, 0.25) is 0 Å². The summed E-state index contributed by atoms with van der Waals surface area (Å²) in [6, 6.07) is 0. The molecule has 1 aromatic rings. The van der Waals surface area contributed by atoms with Crippen LogP contribution in [0.1, 0.15) is 19.5 Å². The Bertz CT molecular complexity index is 338. The monoisotopic (exact) mass is 207 g/mol. The molecule has 0 bridgehead atoms. The van der Waals surface area contributed by atoms with Gasteiger partial charge in [-0.15, -0.1) is 0 Å². The van der Waals surface area contributed by atoms with Crippen molar-refractivity contribution >= 4 is 5.82 Å². The van der Waals surface area contributed by atoms with E-state index < -0.39 is 0 Å². The fourth-order valence-corrected chi connectivity index (χ4v) is 1.30. The second kappa shape index (κ2) is 5.46. The highest BCUT2D eigenvalue weighted by Crippen LogP contribution is 2.10. The maximum absolute atomic E-state index is 8.96. The van der Waals surface area contributed by atoms with Crippen LogP contribution in [0.5, 0.6) is 0 Å². The smallest absolute Gasteiger partial charge is 0.147 e. The Hall–Kier alpha value is -1.42. The van der Waals surface area contributed by atoms with Gasteiger partial charge in [-0.25, -0.2) is 4.98 Å². The summed E-state index contributed by atoms with van der Waals surface area (Å²) in [6.45, 7) is 9.43. The normalized spacial score (nSPS) is 10.1. The van der Waals surface area contributed by atoms with Gasteiger partial charge in [0.1, 0.15) is 5.82 Å². The van der Waals surface area contributed by atoms with Crippen LogP contribution < -0.4 is 4.90 Å². The molecule has 0 saturated heterocycles. The van der Waals surface area contributed by atoms with Crippen LogP contribution in [-0.4, -0.2) is 28.2 Å². The van der Waals surface area contributed by atoms with Gasteiger partial charge in [0, 0.05) is 13.1 Å². The molecule has 1 N–H and O–H groups in total. The summed E-state index contributed by atoms with van der Waals surface area (Å²) >= 11 is 0. The molecule has 0 atom stereocenters. The Morgan fingerprint density at radius 2 is 2.27 bits per heavy atom. The molecular weight excluding hydrogens is 190 g/mol. The fourth-order valence-electron chi connectivity index (χ4n) is 1.30. The Morgan fingerprint density at radius 1 is 1.53 bits per heavy atom. The molecule has 1 rings (SSSR count). The van der Waals surface area contributed by atoms with E-state index in [2.05, 4.69) is 28.4 Å². The summed E-state index contributed by atoms with van der Waals surface area (Å²) in [6.07, 6.45) is 3.27. The lowest BCUT2D eigenvalue weighted by atomic mass is 10.3. The van der Waals surface area contributed by atoms with Gasteiger partial charge in [-0.3, -0.25) is 4.98 Å². The third-order valence-corrected chi connectivity index (χ3v) is 2.00. The SMILES string of the molecule is C=C(C)CN(CC)c1cncc(CO)n1. The number of aliphatic hydroxyl groups excluding tert-OH is 1. The molecule has 0 unspecified atom stereocenters. The van der Waals surface area contributed by atoms with Crippen molar-refractivity contribution in [3.05, 3.63) is 30.2 Å². The van der Waals surface area contributed by atoms with E-state index in [0.29, 0.717) is 5.69 Å². The molecule has 0 radical (unpaired) electrons. The summed E-state index contributed by atoms with van der Waals surface area (Å²) in [4.78, 5) is 10.4. The lowest BCUT2D eigenvalue weighted by Crippen LogP contribution is -2.25. The minimum Gasteiger partial charge on any atom is -0.390 e. The van der Waals surface area contributed by atoms with Crippen LogP contribution in [0.25, 0.3) is 0 Å². The van der Waals surface area contributed by atoms with E-state index in [1.165, 1.54) is 0 Å². The fraction of sp³-hybridized carbons (Fsp3) is 0.455. The van der Waals surface area contributed by atoms with Crippen molar-refractivity contribution in [1.82, 2.24) is 9.97 Å². The third-order valence-electron chi connectivity index (χ3n) is 2.00. The largest absolute Gasteiger partial charge is 0.390 e. The van der Waals surface area contributed by atoms with Gasteiger partial charge in [0.05, 0.1) is 24.7 Å². The van der Waals surface area contributed by atoms with E-state index in [0.717, 1.165) is 24.5 Å². The van der Waals surface area contributed by atoms with Crippen LogP contribution in [-0.2, 0) is 6.61 Å².